The Morgan fingerprint density at radius 2 is 2.24 bits per heavy atom. The van der Waals surface area contributed by atoms with Crippen LogP contribution in [0.5, 0.6) is 0 Å². The minimum absolute atomic E-state index is 0.0257. The zero-order valence-electron chi connectivity index (χ0n) is 11.1. The molecule has 3 N–H and O–H groups in total. The molecule has 21 heavy (non-hydrogen) atoms. The van der Waals surface area contributed by atoms with E-state index in [9.17, 15) is 8.42 Å². The third-order valence-corrected chi connectivity index (χ3v) is 4.29. The van der Waals surface area contributed by atoms with Gasteiger partial charge in [0.2, 0.25) is 10.0 Å². The molecule has 0 fully saturated rings. The summed E-state index contributed by atoms with van der Waals surface area (Å²) in [5, 5.41) is 16.2. The van der Waals surface area contributed by atoms with Crippen molar-refractivity contribution in [3.63, 3.8) is 0 Å². The first kappa shape index (κ1) is 15.0. The van der Waals surface area contributed by atoms with E-state index in [2.05, 4.69) is 15.0 Å². The van der Waals surface area contributed by atoms with E-state index >= 15 is 0 Å². The van der Waals surface area contributed by atoms with E-state index in [1.54, 1.807) is 17.1 Å². The Balaban J connectivity index is 1.97. The molecule has 110 valence electrons. The number of nitrogens with zero attached hydrogens (tertiary/aromatic N) is 4. The van der Waals surface area contributed by atoms with Crippen molar-refractivity contribution in [2.45, 2.75) is 17.9 Å². The van der Waals surface area contributed by atoms with Crippen molar-refractivity contribution in [1.82, 2.24) is 19.7 Å². The molecule has 0 aliphatic heterocycles. The number of nitrogen functional groups attached to an aromatic ring is 1. The smallest absolute Gasteiger partial charge is 0.242 e. The molecule has 0 radical (unpaired) electrons. The van der Waals surface area contributed by atoms with Crippen molar-refractivity contribution in [2.24, 2.45) is 0 Å². The zero-order chi connectivity index (χ0) is 15.3. The van der Waals surface area contributed by atoms with E-state index in [-0.39, 0.29) is 17.1 Å². The number of hydrogen-bond donors (Lipinski definition) is 2. The lowest BCUT2D eigenvalue weighted by atomic mass is 10.2. The molecule has 0 spiro atoms. The van der Waals surface area contributed by atoms with Crippen LogP contribution in [0.25, 0.3) is 0 Å². The number of rotatable bonds is 6. The largest absolute Gasteiger partial charge is 0.398 e. The maximum Gasteiger partial charge on any atom is 0.242 e. The van der Waals surface area contributed by atoms with Gasteiger partial charge in [-0.05, 0) is 24.6 Å². The SMILES string of the molecule is N#Cc1ccc(S(=O)(=O)NCCCn2ccnn2)c(N)c1. The van der Waals surface area contributed by atoms with E-state index in [0.29, 0.717) is 18.5 Å². The molecule has 0 unspecified atom stereocenters. The molecule has 9 heteroatoms. The monoisotopic (exact) mass is 306 g/mol. The molecular formula is C12H14N6O2S. The molecule has 0 amide bonds. The molecule has 1 aromatic carbocycles. The number of nitrogens with one attached hydrogen (secondary N) is 1. The van der Waals surface area contributed by atoms with Crippen LogP contribution in [0.2, 0.25) is 0 Å². The molecule has 0 bridgehead atoms. The predicted octanol–water partition coefficient (Wildman–Crippen LogP) is 0.101. The van der Waals surface area contributed by atoms with Crippen molar-refractivity contribution < 1.29 is 8.42 Å². The lowest BCUT2D eigenvalue weighted by molar-refractivity contribution is 0.542. The standard InChI is InChI=1S/C12H14N6O2S/c13-9-10-2-3-12(11(14)8-10)21(19,20)16-4-1-6-18-7-5-15-17-18/h2-3,5,7-8,16H,1,4,6,14H2. The average Bonchev–Trinajstić information content (AvgIpc) is 2.96. The van der Waals surface area contributed by atoms with Gasteiger partial charge in [-0.1, -0.05) is 5.21 Å². The van der Waals surface area contributed by atoms with Gasteiger partial charge in [-0.25, -0.2) is 13.1 Å². The summed E-state index contributed by atoms with van der Waals surface area (Å²) < 4.78 is 28.3. The van der Waals surface area contributed by atoms with E-state index in [1.807, 2.05) is 6.07 Å². The summed E-state index contributed by atoms with van der Waals surface area (Å²) in [5.74, 6) is 0. The number of aryl methyl sites for hydroxylation is 1. The van der Waals surface area contributed by atoms with Crippen molar-refractivity contribution in [1.29, 1.82) is 5.26 Å². The van der Waals surface area contributed by atoms with E-state index < -0.39 is 10.0 Å². The first-order valence-electron chi connectivity index (χ1n) is 6.16. The summed E-state index contributed by atoms with van der Waals surface area (Å²) in [6.45, 7) is 0.813. The van der Waals surface area contributed by atoms with Crippen LogP contribution in [-0.2, 0) is 16.6 Å². The topological polar surface area (TPSA) is 127 Å². The summed E-state index contributed by atoms with van der Waals surface area (Å²) in [5.41, 5.74) is 6.04. The second-order valence-electron chi connectivity index (χ2n) is 4.28. The van der Waals surface area contributed by atoms with Gasteiger partial charge in [-0.15, -0.1) is 5.10 Å². The number of nitriles is 1. The summed E-state index contributed by atoms with van der Waals surface area (Å²) >= 11 is 0. The Morgan fingerprint density at radius 1 is 1.43 bits per heavy atom. The van der Waals surface area contributed by atoms with E-state index in [4.69, 9.17) is 11.0 Å². The van der Waals surface area contributed by atoms with Gasteiger partial charge < -0.3 is 5.73 Å². The molecular weight excluding hydrogens is 292 g/mol. The lowest BCUT2D eigenvalue weighted by Crippen LogP contribution is -2.26. The van der Waals surface area contributed by atoms with Gasteiger partial charge in [-0.3, -0.25) is 4.68 Å². The highest BCUT2D eigenvalue weighted by Gasteiger charge is 2.17. The maximum atomic E-state index is 12.1. The summed E-state index contributed by atoms with van der Waals surface area (Å²) in [7, 11) is -3.69. The van der Waals surface area contributed by atoms with Crippen molar-refractivity contribution >= 4 is 15.7 Å². The first-order valence-corrected chi connectivity index (χ1v) is 7.64. The highest BCUT2D eigenvalue weighted by atomic mass is 32.2. The normalized spacial score (nSPS) is 11.2. The fourth-order valence-corrected chi connectivity index (χ4v) is 2.93. The third-order valence-electron chi connectivity index (χ3n) is 2.76. The third kappa shape index (κ3) is 3.77. The van der Waals surface area contributed by atoms with Gasteiger partial charge in [0.25, 0.3) is 0 Å². The second-order valence-corrected chi connectivity index (χ2v) is 6.02. The first-order chi connectivity index (χ1) is 10.0. The summed E-state index contributed by atoms with van der Waals surface area (Å²) in [6.07, 6.45) is 3.83. The van der Waals surface area contributed by atoms with Crippen molar-refractivity contribution in [3.8, 4) is 6.07 Å². The molecule has 1 heterocycles. The van der Waals surface area contributed by atoms with Crippen LogP contribution in [0.15, 0.2) is 35.5 Å². The molecule has 0 aliphatic carbocycles. The Kier molecular flexibility index (Phi) is 4.52. The van der Waals surface area contributed by atoms with Crippen LogP contribution < -0.4 is 10.5 Å². The number of anilines is 1. The van der Waals surface area contributed by atoms with E-state index in [0.717, 1.165) is 0 Å². The van der Waals surface area contributed by atoms with Crippen LogP contribution >= 0.6 is 0 Å². The minimum atomic E-state index is -3.69. The highest BCUT2D eigenvalue weighted by molar-refractivity contribution is 7.89. The minimum Gasteiger partial charge on any atom is -0.398 e. The fraction of sp³-hybridized carbons (Fsp3) is 0.250. The van der Waals surface area contributed by atoms with Gasteiger partial charge in [0.05, 0.1) is 23.5 Å². The summed E-state index contributed by atoms with van der Waals surface area (Å²) in [6, 6.07) is 5.98. The second kappa shape index (κ2) is 6.34. The number of aromatic nitrogens is 3. The molecule has 0 atom stereocenters. The van der Waals surface area contributed by atoms with Gasteiger partial charge in [0, 0.05) is 19.3 Å². The van der Waals surface area contributed by atoms with E-state index in [1.165, 1.54) is 18.2 Å². The van der Waals surface area contributed by atoms with Gasteiger partial charge in [-0.2, -0.15) is 5.26 Å². The van der Waals surface area contributed by atoms with Crippen molar-refractivity contribution in [2.75, 3.05) is 12.3 Å². The zero-order valence-corrected chi connectivity index (χ0v) is 11.9. The number of hydrogen-bond acceptors (Lipinski definition) is 6. The molecule has 2 aromatic rings. The van der Waals surface area contributed by atoms with Crippen molar-refractivity contribution in [3.05, 3.63) is 36.2 Å². The number of sulfonamides is 1. The average molecular weight is 306 g/mol. The van der Waals surface area contributed by atoms with Gasteiger partial charge >= 0.3 is 0 Å². The molecule has 0 aliphatic rings. The fourth-order valence-electron chi connectivity index (χ4n) is 1.74. The molecule has 1 aromatic heterocycles. The quantitative estimate of drug-likeness (QED) is 0.575. The molecule has 8 nitrogen and oxygen atoms in total. The highest BCUT2D eigenvalue weighted by Crippen LogP contribution is 2.19. The van der Waals surface area contributed by atoms with Crippen LogP contribution in [0.1, 0.15) is 12.0 Å². The van der Waals surface area contributed by atoms with Crippen LogP contribution in [0.4, 0.5) is 5.69 Å². The Hall–Kier alpha value is -2.44. The maximum absolute atomic E-state index is 12.1. The van der Waals surface area contributed by atoms with Crippen LogP contribution in [0, 0.1) is 11.3 Å². The molecule has 2 rings (SSSR count). The van der Waals surface area contributed by atoms with Crippen LogP contribution in [0.3, 0.4) is 0 Å². The number of nitrogens with two attached hydrogens (primary N) is 1. The molecule has 0 saturated carbocycles. The van der Waals surface area contributed by atoms with Gasteiger partial charge in [0.15, 0.2) is 0 Å². The Bertz CT molecular complexity index is 749. The van der Waals surface area contributed by atoms with Crippen LogP contribution in [-0.4, -0.2) is 30.0 Å². The van der Waals surface area contributed by atoms with Gasteiger partial charge in [0.1, 0.15) is 4.90 Å². The lowest BCUT2D eigenvalue weighted by Gasteiger charge is -2.09. The Morgan fingerprint density at radius 3 is 2.86 bits per heavy atom. The summed E-state index contributed by atoms with van der Waals surface area (Å²) in [4.78, 5) is -0.0257. The number of benzene rings is 1. The molecule has 0 saturated heterocycles. The predicted molar refractivity (Wildman–Crippen MR) is 75.4 cm³/mol. The Labute approximate surface area is 122 Å².